The van der Waals surface area contributed by atoms with Crippen LogP contribution in [-0.2, 0) is 17.1 Å². The molecule has 0 bridgehead atoms. The van der Waals surface area contributed by atoms with Gasteiger partial charge in [0.05, 0.1) is 12.0 Å². The second-order valence-electron chi connectivity index (χ2n) is 8.31. The minimum Gasteiger partial charge on any atom is -0.497 e. The lowest BCUT2D eigenvalue weighted by Gasteiger charge is -2.31. The van der Waals surface area contributed by atoms with E-state index in [4.69, 9.17) is 4.74 Å². The Labute approximate surface area is 200 Å². The topological polar surface area (TPSA) is 96.8 Å². The van der Waals surface area contributed by atoms with Crippen molar-refractivity contribution >= 4 is 15.9 Å². The SMILES string of the molecule is COc1ccc([C@@H](NC(=O)c2cccc(S(=O)(=O)N3CCN(C)CC3)c2)c2nccn2C)cc1. The lowest BCUT2D eigenvalue weighted by atomic mass is 10.0. The van der Waals surface area contributed by atoms with Gasteiger partial charge in [-0.3, -0.25) is 4.79 Å². The number of benzene rings is 2. The Balaban J connectivity index is 1.60. The molecule has 2 heterocycles. The number of nitrogens with zero attached hydrogens (tertiary/aromatic N) is 4. The molecule has 0 aliphatic carbocycles. The van der Waals surface area contributed by atoms with Gasteiger partial charge in [0.2, 0.25) is 10.0 Å². The first-order chi connectivity index (χ1) is 16.3. The number of rotatable bonds is 7. The number of likely N-dealkylation sites (N-methyl/N-ethyl adjacent to an activating group) is 1. The highest BCUT2D eigenvalue weighted by Crippen LogP contribution is 2.24. The number of amides is 1. The van der Waals surface area contributed by atoms with E-state index in [0.29, 0.717) is 37.8 Å². The van der Waals surface area contributed by atoms with Gasteiger partial charge in [-0.2, -0.15) is 4.31 Å². The van der Waals surface area contributed by atoms with E-state index in [1.165, 1.54) is 16.4 Å². The Morgan fingerprint density at radius 1 is 1.06 bits per heavy atom. The number of piperazine rings is 1. The Hall–Kier alpha value is -3.21. The largest absolute Gasteiger partial charge is 0.497 e. The predicted octanol–water partition coefficient (Wildman–Crippen LogP) is 1.88. The first-order valence-corrected chi connectivity index (χ1v) is 12.4. The van der Waals surface area contributed by atoms with Crippen molar-refractivity contribution in [2.75, 3.05) is 40.3 Å². The number of sulfonamides is 1. The molecule has 9 nitrogen and oxygen atoms in total. The molecule has 1 aromatic heterocycles. The molecule has 0 unspecified atom stereocenters. The smallest absolute Gasteiger partial charge is 0.252 e. The van der Waals surface area contributed by atoms with Crippen molar-refractivity contribution in [2.45, 2.75) is 10.9 Å². The van der Waals surface area contributed by atoms with Crippen LogP contribution in [0.5, 0.6) is 5.75 Å². The zero-order valence-corrected chi connectivity index (χ0v) is 20.3. The molecule has 4 rings (SSSR count). The van der Waals surface area contributed by atoms with Gasteiger partial charge >= 0.3 is 0 Å². The Morgan fingerprint density at radius 2 is 1.76 bits per heavy atom. The normalized spacial score (nSPS) is 16.2. The highest BCUT2D eigenvalue weighted by atomic mass is 32.2. The molecule has 0 saturated carbocycles. The van der Waals surface area contributed by atoms with E-state index in [-0.39, 0.29) is 16.4 Å². The van der Waals surface area contributed by atoms with Gasteiger partial charge in [0, 0.05) is 51.2 Å². The van der Waals surface area contributed by atoms with Gasteiger partial charge in [-0.05, 0) is 42.9 Å². The molecule has 10 heteroatoms. The molecule has 3 aromatic rings. The number of aryl methyl sites for hydroxylation is 1. The summed E-state index contributed by atoms with van der Waals surface area (Å²) in [5, 5.41) is 3.02. The van der Waals surface area contributed by atoms with Crippen molar-refractivity contribution in [3.8, 4) is 5.75 Å². The van der Waals surface area contributed by atoms with Crippen LogP contribution in [0.2, 0.25) is 0 Å². The lowest BCUT2D eigenvalue weighted by molar-refractivity contribution is 0.0941. The second-order valence-corrected chi connectivity index (χ2v) is 10.2. The molecule has 1 aliphatic rings. The standard InChI is InChI=1S/C24H29N5O4S/c1-27-13-15-29(16-14-27)34(31,32)21-6-4-5-19(17-21)24(30)26-22(23-25-11-12-28(23)2)18-7-9-20(33-3)10-8-18/h4-12,17,22H,13-16H2,1-3H3,(H,26,30)/t22-/m1/s1. The van der Waals surface area contributed by atoms with E-state index in [0.717, 1.165) is 5.56 Å². The number of ether oxygens (including phenoxy) is 1. The summed E-state index contributed by atoms with van der Waals surface area (Å²) in [6, 6.07) is 13.0. The van der Waals surface area contributed by atoms with Crippen LogP contribution in [0.4, 0.5) is 0 Å². The maximum absolute atomic E-state index is 13.3. The number of hydrogen-bond acceptors (Lipinski definition) is 6. The van der Waals surface area contributed by atoms with Crippen molar-refractivity contribution in [3.05, 3.63) is 77.9 Å². The quantitative estimate of drug-likeness (QED) is 0.551. The summed E-state index contributed by atoms with van der Waals surface area (Å²) in [6.07, 6.45) is 3.47. The van der Waals surface area contributed by atoms with E-state index in [1.807, 2.05) is 42.9 Å². The van der Waals surface area contributed by atoms with Crippen molar-refractivity contribution in [2.24, 2.45) is 7.05 Å². The molecule has 1 saturated heterocycles. The zero-order chi connectivity index (χ0) is 24.3. The van der Waals surface area contributed by atoms with E-state index in [9.17, 15) is 13.2 Å². The highest BCUT2D eigenvalue weighted by molar-refractivity contribution is 7.89. The molecule has 1 N–H and O–H groups in total. The predicted molar refractivity (Wildman–Crippen MR) is 128 cm³/mol. The van der Waals surface area contributed by atoms with Gasteiger partial charge in [-0.1, -0.05) is 18.2 Å². The number of carbonyl (C=O) groups excluding carboxylic acids is 1. The Bertz CT molecular complexity index is 1250. The number of hydrogen-bond donors (Lipinski definition) is 1. The van der Waals surface area contributed by atoms with Gasteiger partial charge in [-0.25, -0.2) is 13.4 Å². The molecule has 1 amide bonds. The molecule has 0 radical (unpaired) electrons. The monoisotopic (exact) mass is 483 g/mol. The molecule has 1 fully saturated rings. The average molecular weight is 484 g/mol. The van der Waals surface area contributed by atoms with E-state index in [2.05, 4.69) is 15.2 Å². The molecule has 0 spiro atoms. The number of nitrogens with one attached hydrogen (secondary N) is 1. The van der Waals surface area contributed by atoms with Crippen molar-refractivity contribution in [3.63, 3.8) is 0 Å². The summed E-state index contributed by atoms with van der Waals surface area (Å²) in [5.74, 6) is 0.967. The van der Waals surface area contributed by atoms with Crippen LogP contribution in [-0.4, -0.2) is 73.4 Å². The molecule has 2 aromatic carbocycles. The summed E-state index contributed by atoms with van der Waals surface area (Å²) in [7, 11) is 1.73. The van der Waals surface area contributed by atoms with Crippen LogP contribution >= 0.6 is 0 Å². The molecule has 180 valence electrons. The third-order valence-corrected chi connectivity index (χ3v) is 7.93. The number of methoxy groups -OCH3 is 1. The van der Waals surface area contributed by atoms with Gasteiger partial charge in [0.15, 0.2) is 0 Å². The van der Waals surface area contributed by atoms with Gasteiger partial charge in [0.1, 0.15) is 17.6 Å². The summed E-state index contributed by atoms with van der Waals surface area (Å²) in [6.45, 7) is 2.20. The molecule has 1 atom stereocenters. The molecule has 1 aliphatic heterocycles. The molecular formula is C24H29N5O4S. The van der Waals surface area contributed by atoms with E-state index in [1.54, 1.807) is 31.6 Å². The van der Waals surface area contributed by atoms with E-state index < -0.39 is 16.1 Å². The summed E-state index contributed by atoms with van der Waals surface area (Å²) < 4.78 is 34.9. The maximum Gasteiger partial charge on any atom is 0.252 e. The second kappa shape index (κ2) is 9.96. The van der Waals surface area contributed by atoms with Crippen LogP contribution in [0, 0.1) is 0 Å². The van der Waals surface area contributed by atoms with Crippen LogP contribution in [0.15, 0.2) is 65.8 Å². The number of imidazole rings is 1. The third-order valence-electron chi connectivity index (χ3n) is 6.04. The van der Waals surface area contributed by atoms with E-state index >= 15 is 0 Å². The van der Waals surface area contributed by atoms with Crippen molar-refractivity contribution < 1.29 is 17.9 Å². The minimum absolute atomic E-state index is 0.114. The summed E-state index contributed by atoms with van der Waals surface area (Å²) in [5.41, 5.74) is 1.09. The Kier molecular flexibility index (Phi) is 7.01. The zero-order valence-electron chi connectivity index (χ0n) is 19.5. The number of aromatic nitrogens is 2. The average Bonchev–Trinajstić information content (AvgIpc) is 3.28. The fourth-order valence-corrected chi connectivity index (χ4v) is 5.41. The third kappa shape index (κ3) is 4.98. The van der Waals surface area contributed by atoms with Crippen molar-refractivity contribution in [1.82, 2.24) is 24.1 Å². The highest BCUT2D eigenvalue weighted by Gasteiger charge is 2.28. The fraction of sp³-hybridized carbons (Fsp3) is 0.333. The fourth-order valence-electron chi connectivity index (χ4n) is 3.94. The van der Waals surface area contributed by atoms with Gasteiger partial charge < -0.3 is 19.5 Å². The van der Waals surface area contributed by atoms with Crippen molar-refractivity contribution in [1.29, 1.82) is 0 Å². The van der Waals surface area contributed by atoms with Crippen LogP contribution in [0.25, 0.3) is 0 Å². The van der Waals surface area contributed by atoms with Crippen LogP contribution < -0.4 is 10.1 Å². The van der Waals surface area contributed by atoms with Gasteiger partial charge in [0.25, 0.3) is 5.91 Å². The molecular weight excluding hydrogens is 454 g/mol. The molecule has 34 heavy (non-hydrogen) atoms. The summed E-state index contributed by atoms with van der Waals surface area (Å²) in [4.78, 5) is 19.9. The van der Waals surface area contributed by atoms with Crippen LogP contribution in [0.1, 0.15) is 27.8 Å². The lowest BCUT2D eigenvalue weighted by Crippen LogP contribution is -2.47. The first-order valence-electron chi connectivity index (χ1n) is 11.0. The number of carbonyl (C=O) groups is 1. The first kappa shape index (κ1) is 23.9. The van der Waals surface area contributed by atoms with Gasteiger partial charge in [-0.15, -0.1) is 0 Å². The summed E-state index contributed by atoms with van der Waals surface area (Å²) >= 11 is 0. The minimum atomic E-state index is -3.68. The maximum atomic E-state index is 13.3. The Morgan fingerprint density at radius 3 is 2.38 bits per heavy atom. The van der Waals surface area contributed by atoms with Crippen LogP contribution in [0.3, 0.4) is 0 Å².